The molecule has 6 nitrogen and oxygen atoms in total. The topological polar surface area (TPSA) is 69.7 Å². The highest BCUT2D eigenvalue weighted by Gasteiger charge is 2.29. The summed E-state index contributed by atoms with van der Waals surface area (Å²) in [6.07, 6.45) is 4.74. The van der Waals surface area contributed by atoms with Gasteiger partial charge in [-0.3, -0.25) is 4.79 Å². The quantitative estimate of drug-likeness (QED) is 0.899. The molecule has 0 bridgehead atoms. The fourth-order valence-electron chi connectivity index (χ4n) is 3.50. The molecule has 2 aliphatic rings. The van der Waals surface area contributed by atoms with E-state index in [1.54, 1.807) is 0 Å². The standard InChI is InChI=1S/C17H25N3O3S/c1-24(22,23)20-12-8-14(9-13-20)17(21)18-15-6-2-3-7-16(15)19-10-4-5-11-19/h2-3,6-7,14H,4-5,8-13H2,1H3,(H,18,21). The number of para-hydroxylation sites is 2. The molecule has 24 heavy (non-hydrogen) atoms. The number of anilines is 2. The van der Waals surface area contributed by atoms with Crippen LogP contribution in [-0.4, -0.2) is 51.1 Å². The lowest BCUT2D eigenvalue weighted by Gasteiger charge is -2.30. The Balaban J connectivity index is 1.64. The zero-order chi connectivity index (χ0) is 17.2. The Morgan fingerprint density at radius 1 is 1.08 bits per heavy atom. The van der Waals surface area contributed by atoms with Crippen molar-refractivity contribution in [3.63, 3.8) is 0 Å². The van der Waals surface area contributed by atoms with E-state index in [-0.39, 0.29) is 11.8 Å². The van der Waals surface area contributed by atoms with Gasteiger partial charge in [-0.05, 0) is 37.8 Å². The van der Waals surface area contributed by atoms with E-state index in [0.29, 0.717) is 25.9 Å². The molecule has 2 saturated heterocycles. The number of amides is 1. The molecule has 0 atom stereocenters. The first-order chi connectivity index (χ1) is 11.4. The van der Waals surface area contributed by atoms with Crippen LogP contribution in [-0.2, 0) is 14.8 Å². The van der Waals surface area contributed by atoms with Crippen molar-refractivity contribution in [1.82, 2.24) is 4.31 Å². The van der Waals surface area contributed by atoms with Crippen LogP contribution in [0.1, 0.15) is 25.7 Å². The number of rotatable bonds is 4. The Morgan fingerprint density at radius 2 is 1.71 bits per heavy atom. The van der Waals surface area contributed by atoms with E-state index in [0.717, 1.165) is 24.5 Å². The van der Waals surface area contributed by atoms with E-state index >= 15 is 0 Å². The van der Waals surface area contributed by atoms with E-state index in [9.17, 15) is 13.2 Å². The highest BCUT2D eigenvalue weighted by Crippen LogP contribution is 2.30. The average molecular weight is 351 g/mol. The molecule has 1 N–H and O–H groups in total. The molecule has 2 heterocycles. The second-order valence-corrected chi connectivity index (χ2v) is 8.62. The molecule has 0 spiro atoms. The largest absolute Gasteiger partial charge is 0.370 e. The Labute approximate surface area is 143 Å². The summed E-state index contributed by atoms with van der Waals surface area (Å²) >= 11 is 0. The first-order valence-electron chi connectivity index (χ1n) is 8.55. The number of hydrogen-bond donors (Lipinski definition) is 1. The molecule has 132 valence electrons. The van der Waals surface area contributed by atoms with Gasteiger partial charge in [0.05, 0.1) is 17.6 Å². The van der Waals surface area contributed by atoms with Gasteiger partial charge in [-0.1, -0.05) is 12.1 Å². The van der Waals surface area contributed by atoms with Crippen molar-refractivity contribution in [3.8, 4) is 0 Å². The first kappa shape index (κ1) is 17.2. The summed E-state index contributed by atoms with van der Waals surface area (Å²) in [5.74, 6) is -0.135. The molecule has 0 saturated carbocycles. The van der Waals surface area contributed by atoms with Crippen LogP contribution in [0.3, 0.4) is 0 Å². The summed E-state index contributed by atoms with van der Waals surface area (Å²) < 4.78 is 24.6. The Morgan fingerprint density at radius 3 is 2.33 bits per heavy atom. The van der Waals surface area contributed by atoms with Gasteiger partial charge in [0.1, 0.15) is 0 Å². The molecule has 0 radical (unpaired) electrons. The summed E-state index contributed by atoms with van der Waals surface area (Å²) in [6, 6.07) is 7.92. The fraction of sp³-hybridized carbons (Fsp3) is 0.588. The molecular formula is C17H25N3O3S. The van der Waals surface area contributed by atoms with Gasteiger partial charge in [0, 0.05) is 32.1 Å². The van der Waals surface area contributed by atoms with Gasteiger partial charge in [0.25, 0.3) is 0 Å². The third kappa shape index (κ3) is 3.89. The minimum absolute atomic E-state index is 0.00482. The molecule has 1 aromatic carbocycles. The smallest absolute Gasteiger partial charge is 0.227 e. The molecule has 0 aliphatic carbocycles. The van der Waals surface area contributed by atoms with Gasteiger partial charge in [-0.15, -0.1) is 0 Å². The highest BCUT2D eigenvalue weighted by atomic mass is 32.2. The van der Waals surface area contributed by atoms with Crippen molar-refractivity contribution in [3.05, 3.63) is 24.3 Å². The maximum atomic E-state index is 12.6. The predicted molar refractivity (Wildman–Crippen MR) is 95.7 cm³/mol. The summed E-state index contributed by atoms with van der Waals surface area (Å²) in [5.41, 5.74) is 1.94. The number of nitrogens with one attached hydrogen (secondary N) is 1. The molecule has 7 heteroatoms. The van der Waals surface area contributed by atoms with E-state index < -0.39 is 10.0 Å². The minimum atomic E-state index is -3.16. The summed E-state index contributed by atoms with van der Waals surface area (Å²) in [7, 11) is -3.16. The third-order valence-corrected chi connectivity index (χ3v) is 6.21. The van der Waals surface area contributed by atoms with Crippen LogP contribution >= 0.6 is 0 Å². The summed E-state index contributed by atoms with van der Waals surface area (Å²) in [5, 5.41) is 3.06. The summed E-state index contributed by atoms with van der Waals surface area (Å²) in [4.78, 5) is 14.9. The van der Waals surface area contributed by atoms with E-state index in [1.165, 1.54) is 23.4 Å². The Bertz CT molecular complexity index is 691. The number of piperidine rings is 1. The number of hydrogen-bond acceptors (Lipinski definition) is 4. The predicted octanol–water partition coefficient (Wildman–Crippen LogP) is 1.90. The second kappa shape index (κ2) is 7.11. The number of sulfonamides is 1. The lowest BCUT2D eigenvalue weighted by molar-refractivity contribution is -0.120. The van der Waals surface area contributed by atoms with Gasteiger partial charge in [0.15, 0.2) is 0 Å². The van der Waals surface area contributed by atoms with Crippen LogP contribution in [0.15, 0.2) is 24.3 Å². The maximum absolute atomic E-state index is 12.6. The number of carbonyl (C=O) groups is 1. The molecular weight excluding hydrogens is 326 g/mol. The van der Waals surface area contributed by atoms with Gasteiger partial charge >= 0.3 is 0 Å². The maximum Gasteiger partial charge on any atom is 0.227 e. The Hall–Kier alpha value is -1.60. The van der Waals surface area contributed by atoms with Gasteiger partial charge in [-0.2, -0.15) is 0 Å². The van der Waals surface area contributed by atoms with Crippen molar-refractivity contribution in [2.45, 2.75) is 25.7 Å². The molecule has 0 unspecified atom stereocenters. The zero-order valence-corrected chi connectivity index (χ0v) is 14.9. The van der Waals surface area contributed by atoms with Crippen molar-refractivity contribution < 1.29 is 13.2 Å². The average Bonchev–Trinajstić information content (AvgIpc) is 3.09. The SMILES string of the molecule is CS(=O)(=O)N1CCC(C(=O)Nc2ccccc2N2CCCC2)CC1. The van der Waals surface area contributed by atoms with E-state index in [4.69, 9.17) is 0 Å². The van der Waals surface area contributed by atoms with Crippen LogP contribution < -0.4 is 10.2 Å². The highest BCUT2D eigenvalue weighted by molar-refractivity contribution is 7.88. The van der Waals surface area contributed by atoms with Crippen molar-refractivity contribution in [2.24, 2.45) is 5.92 Å². The van der Waals surface area contributed by atoms with Crippen molar-refractivity contribution >= 4 is 27.3 Å². The number of carbonyl (C=O) groups excluding carboxylic acids is 1. The van der Waals surface area contributed by atoms with Crippen LogP contribution in [0.2, 0.25) is 0 Å². The van der Waals surface area contributed by atoms with E-state index in [2.05, 4.69) is 10.2 Å². The van der Waals surface area contributed by atoms with Crippen LogP contribution in [0.4, 0.5) is 11.4 Å². The second-order valence-electron chi connectivity index (χ2n) is 6.64. The monoisotopic (exact) mass is 351 g/mol. The fourth-order valence-corrected chi connectivity index (χ4v) is 4.37. The van der Waals surface area contributed by atoms with Crippen molar-refractivity contribution in [1.29, 1.82) is 0 Å². The van der Waals surface area contributed by atoms with Gasteiger partial charge < -0.3 is 10.2 Å². The number of nitrogens with zero attached hydrogens (tertiary/aromatic N) is 2. The first-order valence-corrected chi connectivity index (χ1v) is 10.4. The van der Waals surface area contributed by atoms with Gasteiger partial charge in [-0.25, -0.2) is 12.7 Å². The molecule has 2 fully saturated rings. The zero-order valence-electron chi connectivity index (χ0n) is 14.1. The molecule has 2 aliphatic heterocycles. The normalized spacial score (nSPS) is 20.3. The molecule has 0 aromatic heterocycles. The van der Waals surface area contributed by atoms with Crippen molar-refractivity contribution in [2.75, 3.05) is 42.7 Å². The number of benzene rings is 1. The van der Waals surface area contributed by atoms with Crippen LogP contribution in [0, 0.1) is 5.92 Å². The Kier molecular flexibility index (Phi) is 5.10. The lowest BCUT2D eigenvalue weighted by Crippen LogP contribution is -2.41. The minimum Gasteiger partial charge on any atom is -0.370 e. The summed E-state index contributed by atoms with van der Waals surface area (Å²) in [6.45, 7) is 2.90. The molecule has 1 amide bonds. The lowest BCUT2D eigenvalue weighted by atomic mass is 9.97. The third-order valence-electron chi connectivity index (χ3n) is 4.90. The molecule has 3 rings (SSSR count). The van der Waals surface area contributed by atoms with Crippen LogP contribution in [0.25, 0.3) is 0 Å². The molecule has 1 aromatic rings. The van der Waals surface area contributed by atoms with E-state index in [1.807, 2.05) is 24.3 Å². The van der Waals surface area contributed by atoms with Gasteiger partial charge in [0.2, 0.25) is 15.9 Å². The van der Waals surface area contributed by atoms with Crippen LogP contribution in [0.5, 0.6) is 0 Å².